The Morgan fingerprint density at radius 1 is 1.24 bits per heavy atom. The van der Waals surface area contributed by atoms with Gasteiger partial charge in [-0.25, -0.2) is 0 Å². The summed E-state index contributed by atoms with van der Waals surface area (Å²) in [6.45, 7) is 2.55. The maximum atomic E-state index is 13.4. The van der Waals surface area contributed by atoms with Crippen molar-refractivity contribution in [2.45, 2.75) is 57.9 Å². The molecule has 0 saturated heterocycles. The Morgan fingerprint density at radius 2 is 2.08 bits per heavy atom. The minimum absolute atomic E-state index is 0.0141. The predicted molar refractivity (Wildman–Crippen MR) is 139 cm³/mol. The topological polar surface area (TPSA) is 138 Å². The zero-order valence-electron chi connectivity index (χ0n) is 20.6. The molecule has 6 rings (SSSR count). The van der Waals surface area contributed by atoms with Crippen LogP contribution in [-0.4, -0.2) is 38.1 Å². The summed E-state index contributed by atoms with van der Waals surface area (Å²) in [6, 6.07) is 3.90. The van der Waals surface area contributed by atoms with Crippen LogP contribution in [0.25, 0.3) is 0 Å². The van der Waals surface area contributed by atoms with Gasteiger partial charge in [0.15, 0.2) is 0 Å². The van der Waals surface area contributed by atoms with E-state index in [4.69, 9.17) is 0 Å². The Bertz CT molecular complexity index is 1410. The molecule has 37 heavy (non-hydrogen) atoms. The lowest BCUT2D eigenvalue weighted by molar-refractivity contribution is -0.117. The van der Waals surface area contributed by atoms with Crippen molar-refractivity contribution in [2.75, 3.05) is 17.2 Å². The molecule has 0 bridgehead atoms. The molecule has 190 valence electrons. The van der Waals surface area contributed by atoms with Crippen LogP contribution in [0.5, 0.6) is 0 Å². The normalized spacial score (nSPS) is 18.5. The van der Waals surface area contributed by atoms with Crippen LogP contribution in [0.3, 0.4) is 0 Å². The van der Waals surface area contributed by atoms with Crippen LogP contribution in [0, 0.1) is 30.1 Å². The van der Waals surface area contributed by atoms with Crippen molar-refractivity contribution in [1.29, 1.82) is 5.26 Å². The number of rotatable bonds is 8. The highest BCUT2D eigenvalue weighted by atomic mass is 32.1. The Morgan fingerprint density at radius 3 is 2.84 bits per heavy atom. The number of nitriles is 1. The lowest BCUT2D eigenvalue weighted by atomic mass is 9.91. The number of amides is 2. The number of pyridine rings is 1. The third-order valence-electron chi connectivity index (χ3n) is 7.32. The zero-order valence-corrected chi connectivity index (χ0v) is 21.4. The van der Waals surface area contributed by atoms with Gasteiger partial charge < -0.3 is 16.0 Å². The Kier molecular flexibility index (Phi) is 6.12. The van der Waals surface area contributed by atoms with Crippen molar-refractivity contribution in [3.05, 3.63) is 45.9 Å². The van der Waals surface area contributed by atoms with Crippen molar-refractivity contribution < 1.29 is 9.59 Å². The van der Waals surface area contributed by atoms with Crippen LogP contribution in [0.4, 0.5) is 16.6 Å². The van der Waals surface area contributed by atoms with Crippen LogP contribution in [-0.2, 0) is 17.6 Å². The minimum atomic E-state index is -0.103. The number of fused-ring (bicyclic) bond motifs is 1. The highest BCUT2D eigenvalue weighted by Gasteiger charge is 2.35. The molecule has 1 atom stereocenters. The zero-order chi connectivity index (χ0) is 25.5. The number of aryl methyl sites for hydroxylation is 2. The number of carbonyl (C=O) groups excluding carboxylic acids is 2. The maximum absolute atomic E-state index is 13.4. The van der Waals surface area contributed by atoms with Gasteiger partial charge in [0.05, 0.1) is 22.5 Å². The van der Waals surface area contributed by atoms with E-state index in [0.717, 1.165) is 54.7 Å². The van der Waals surface area contributed by atoms with Gasteiger partial charge in [-0.15, -0.1) is 21.5 Å². The number of carbonyl (C=O) groups is 2. The molecule has 0 unspecified atom stereocenters. The molecule has 2 saturated carbocycles. The Balaban J connectivity index is 1.27. The third kappa shape index (κ3) is 4.93. The van der Waals surface area contributed by atoms with Gasteiger partial charge in [-0.05, 0) is 69.4 Å². The average molecular weight is 517 g/mol. The molecule has 0 aliphatic heterocycles. The highest BCUT2D eigenvalue weighted by molar-refractivity contribution is 7.17. The summed E-state index contributed by atoms with van der Waals surface area (Å²) < 4.78 is 1.99. The molecular formula is C26H28N8O2S. The van der Waals surface area contributed by atoms with Gasteiger partial charge in [0, 0.05) is 29.6 Å². The second kappa shape index (κ2) is 9.59. The maximum Gasteiger partial charge on any atom is 0.254 e. The van der Waals surface area contributed by atoms with Gasteiger partial charge >= 0.3 is 0 Å². The summed E-state index contributed by atoms with van der Waals surface area (Å²) in [5.41, 5.74) is 3.53. The fraction of sp³-hybridized carbons (Fsp3) is 0.462. The van der Waals surface area contributed by atoms with Crippen LogP contribution in [0.1, 0.15) is 70.2 Å². The molecule has 11 heteroatoms. The lowest BCUT2D eigenvalue weighted by Gasteiger charge is -2.25. The first-order chi connectivity index (χ1) is 18.0. The van der Waals surface area contributed by atoms with Crippen LogP contribution < -0.4 is 16.0 Å². The van der Waals surface area contributed by atoms with E-state index in [-0.39, 0.29) is 23.8 Å². The van der Waals surface area contributed by atoms with E-state index in [1.165, 1.54) is 11.3 Å². The van der Waals surface area contributed by atoms with E-state index >= 15 is 0 Å². The molecule has 0 radical (unpaired) electrons. The van der Waals surface area contributed by atoms with E-state index in [0.29, 0.717) is 46.6 Å². The Hall–Kier alpha value is -3.78. The number of hydrogen-bond donors (Lipinski definition) is 3. The standard InChI is InChI=1S/C26H28N8O2S/c1-14-20(8-16(10-27)12-28-14)31-26-33-30-13-34(26)18-6-7-21-19(9-18)22(24(36)29-11-15-2-3-15)25(37-21)32-23(35)17-4-5-17/h8,12-13,15,17-18H,2-7,9,11H2,1H3,(H,29,36)(H,31,33)(H,32,35)/t18-/m0/s1. The van der Waals surface area contributed by atoms with Gasteiger partial charge in [0.2, 0.25) is 11.9 Å². The van der Waals surface area contributed by atoms with Crippen molar-refractivity contribution in [2.24, 2.45) is 11.8 Å². The Labute approximate surface area is 218 Å². The van der Waals surface area contributed by atoms with E-state index in [9.17, 15) is 14.9 Å². The largest absolute Gasteiger partial charge is 0.352 e. The number of anilines is 3. The first-order valence-corrected chi connectivity index (χ1v) is 13.6. The molecular weight excluding hydrogens is 488 g/mol. The molecule has 3 aromatic heterocycles. The first-order valence-electron chi connectivity index (χ1n) is 12.8. The predicted octanol–water partition coefficient (Wildman–Crippen LogP) is 3.88. The fourth-order valence-corrected chi connectivity index (χ4v) is 6.02. The monoisotopic (exact) mass is 516 g/mol. The summed E-state index contributed by atoms with van der Waals surface area (Å²) in [5.74, 6) is 1.11. The summed E-state index contributed by atoms with van der Waals surface area (Å²) in [7, 11) is 0. The summed E-state index contributed by atoms with van der Waals surface area (Å²) in [4.78, 5) is 31.4. The van der Waals surface area contributed by atoms with Crippen molar-refractivity contribution in [3.8, 4) is 6.07 Å². The minimum Gasteiger partial charge on any atom is -0.352 e. The lowest BCUT2D eigenvalue weighted by Crippen LogP contribution is -2.28. The molecule has 3 N–H and O–H groups in total. The van der Waals surface area contributed by atoms with E-state index in [1.54, 1.807) is 18.6 Å². The van der Waals surface area contributed by atoms with Crippen molar-refractivity contribution >= 4 is 39.8 Å². The third-order valence-corrected chi connectivity index (χ3v) is 8.53. The first kappa shape index (κ1) is 23.6. The smallest absolute Gasteiger partial charge is 0.254 e. The van der Waals surface area contributed by atoms with Crippen molar-refractivity contribution in [3.63, 3.8) is 0 Å². The molecule has 3 heterocycles. The van der Waals surface area contributed by atoms with Crippen LogP contribution >= 0.6 is 11.3 Å². The summed E-state index contributed by atoms with van der Waals surface area (Å²) in [6.07, 6.45) is 9.68. The highest BCUT2D eigenvalue weighted by Crippen LogP contribution is 2.43. The number of thiophene rings is 1. The van der Waals surface area contributed by atoms with Gasteiger partial charge in [-0.3, -0.25) is 19.1 Å². The number of nitrogens with one attached hydrogen (secondary N) is 3. The molecule has 3 aromatic rings. The van der Waals surface area contributed by atoms with Crippen molar-refractivity contribution in [1.82, 2.24) is 25.1 Å². The number of aromatic nitrogens is 4. The summed E-state index contributed by atoms with van der Waals surface area (Å²) in [5, 5.41) is 27.8. The molecule has 0 spiro atoms. The van der Waals surface area contributed by atoms with Gasteiger partial charge in [-0.1, -0.05) is 0 Å². The second-order valence-electron chi connectivity index (χ2n) is 10.2. The van der Waals surface area contributed by atoms with Gasteiger partial charge in [-0.2, -0.15) is 5.26 Å². The van der Waals surface area contributed by atoms with Gasteiger partial charge in [0.1, 0.15) is 17.4 Å². The van der Waals surface area contributed by atoms with E-state index < -0.39 is 0 Å². The molecule has 2 fully saturated rings. The van der Waals surface area contributed by atoms with E-state index in [1.807, 2.05) is 11.5 Å². The second-order valence-corrected chi connectivity index (χ2v) is 11.3. The molecule has 3 aliphatic carbocycles. The van der Waals surface area contributed by atoms with Crippen LogP contribution in [0.2, 0.25) is 0 Å². The number of nitrogens with zero attached hydrogens (tertiary/aromatic N) is 5. The molecule has 10 nitrogen and oxygen atoms in total. The average Bonchev–Trinajstić information content (AvgIpc) is 3.83. The molecule has 2 amide bonds. The quantitative estimate of drug-likeness (QED) is 0.413. The SMILES string of the molecule is Cc1ncc(C#N)cc1Nc1nncn1[C@H]1CCc2sc(NC(=O)C3CC3)c(C(=O)NCC3CC3)c2C1. The summed E-state index contributed by atoms with van der Waals surface area (Å²) >= 11 is 1.54. The van der Waals surface area contributed by atoms with Gasteiger partial charge in [0.25, 0.3) is 5.91 Å². The fourth-order valence-electron chi connectivity index (χ4n) is 4.78. The van der Waals surface area contributed by atoms with Crippen LogP contribution in [0.15, 0.2) is 18.6 Å². The van der Waals surface area contributed by atoms with E-state index in [2.05, 4.69) is 37.2 Å². The molecule has 0 aromatic carbocycles. The molecule has 3 aliphatic rings. The number of hydrogen-bond acceptors (Lipinski definition) is 8.